The number of rotatable bonds is 8. The summed E-state index contributed by atoms with van der Waals surface area (Å²) >= 11 is 0. The molecule has 1 aliphatic carbocycles. The Kier molecular flexibility index (Phi) is 7.36. The van der Waals surface area contributed by atoms with Crippen LogP contribution in [0, 0.1) is 5.92 Å². The number of hydrogen-bond donors (Lipinski definition) is 1. The smallest absolute Gasteiger partial charge is 0.000824 e. The fourth-order valence-electron chi connectivity index (χ4n) is 3.92. The molecule has 0 fully saturated rings. The van der Waals surface area contributed by atoms with Crippen molar-refractivity contribution in [2.45, 2.75) is 78.1 Å². The number of allylic oxidation sites excluding steroid dienone is 2. The summed E-state index contributed by atoms with van der Waals surface area (Å²) in [7, 11) is 0. The fourth-order valence-corrected chi connectivity index (χ4v) is 3.92. The van der Waals surface area contributed by atoms with Gasteiger partial charge < -0.3 is 5.73 Å². The van der Waals surface area contributed by atoms with E-state index in [1.165, 1.54) is 62.5 Å². The molecular formula is C22H35N. The normalized spacial score (nSPS) is 18.3. The zero-order chi connectivity index (χ0) is 16.7. The second kappa shape index (κ2) is 9.27. The molecule has 2 rings (SSSR count). The lowest BCUT2D eigenvalue weighted by Gasteiger charge is -2.26. The number of unbranched alkanes of at least 4 members (excludes halogenated alkanes) is 1. The van der Waals surface area contributed by atoms with Gasteiger partial charge in [0.05, 0.1) is 0 Å². The highest BCUT2D eigenvalue weighted by Crippen LogP contribution is 2.31. The molecule has 0 aromatic heterocycles. The van der Waals surface area contributed by atoms with Crippen molar-refractivity contribution >= 4 is 0 Å². The van der Waals surface area contributed by atoms with E-state index < -0.39 is 0 Å². The van der Waals surface area contributed by atoms with Gasteiger partial charge in [0.25, 0.3) is 0 Å². The van der Waals surface area contributed by atoms with E-state index in [4.69, 9.17) is 5.73 Å². The van der Waals surface area contributed by atoms with Gasteiger partial charge in [0.1, 0.15) is 0 Å². The summed E-state index contributed by atoms with van der Waals surface area (Å²) in [5.74, 6) is 1.44. The van der Waals surface area contributed by atoms with E-state index >= 15 is 0 Å². The van der Waals surface area contributed by atoms with Crippen LogP contribution < -0.4 is 5.73 Å². The average Bonchev–Trinajstić information content (AvgIpc) is 2.56. The Labute approximate surface area is 143 Å². The van der Waals surface area contributed by atoms with Crippen molar-refractivity contribution in [3.05, 3.63) is 46.5 Å². The quantitative estimate of drug-likeness (QED) is 0.478. The number of benzene rings is 1. The lowest BCUT2D eigenvalue weighted by Crippen LogP contribution is -2.16. The van der Waals surface area contributed by atoms with Crippen LogP contribution in [0.2, 0.25) is 0 Å². The Bertz CT molecular complexity index is 511. The largest absolute Gasteiger partial charge is 0.330 e. The molecule has 2 N–H and O–H groups in total. The minimum absolute atomic E-state index is 0.548. The molecule has 0 radical (unpaired) electrons. The third-order valence-corrected chi connectivity index (χ3v) is 5.32. The van der Waals surface area contributed by atoms with E-state index in [0.717, 1.165) is 12.5 Å². The van der Waals surface area contributed by atoms with Gasteiger partial charge in [0.15, 0.2) is 0 Å². The number of hydrogen-bond acceptors (Lipinski definition) is 1. The molecular weight excluding hydrogens is 278 g/mol. The van der Waals surface area contributed by atoms with Crippen LogP contribution in [0.15, 0.2) is 29.8 Å². The average molecular weight is 314 g/mol. The summed E-state index contributed by atoms with van der Waals surface area (Å²) in [5, 5.41) is 0. The van der Waals surface area contributed by atoms with Crippen LogP contribution in [-0.4, -0.2) is 6.54 Å². The van der Waals surface area contributed by atoms with E-state index in [0.29, 0.717) is 5.92 Å². The van der Waals surface area contributed by atoms with Gasteiger partial charge in [0.2, 0.25) is 0 Å². The Hall–Kier alpha value is -1.08. The van der Waals surface area contributed by atoms with E-state index in [1.54, 1.807) is 11.1 Å². The summed E-state index contributed by atoms with van der Waals surface area (Å²) in [4.78, 5) is 0. The van der Waals surface area contributed by atoms with Crippen LogP contribution in [0.3, 0.4) is 0 Å². The molecule has 1 aromatic carbocycles. The molecule has 0 spiro atoms. The van der Waals surface area contributed by atoms with Crippen LogP contribution in [0.4, 0.5) is 0 Å². The first kappa shape index (κ1) is 18.3. The number of nitrogens with two attached hydrogens (primary N) is 1. The Morgan fingerprint density at radius 3 is 2.83 bits per heavy atom. The highest BCUT2D eigenvalue weighted by Gasteiger charge is 2.19. The summed E-state index contributed by atoms with van der Waals surface area (Å²) in [6.07, 6.45) is 12.7. The lowest BCUT2D eigenvalue weighted by molar-refractivity contribution is 0.416. The summed E-state index contributed by atoms with van der Waals surface area (Å²) < 4.78 is 0. The van der Waals surface area contributed by atoms with Crippen LogP contribution in [-0.2, 0) is 12.8 Å². The van der Waals surface area contributed by atoms with E-state index in [2.05, 4.69) is 45.0 Å². The molecule has 1 aromatic rings. The minimum Gasteiger partial charge on any atom is -0.330 e. The number of aryl methyl sites for hydroxylation is 1. The molecule has 0 amide bonds. The van der Waals surface area contributed by atoms with Crippen molar-refractivity contribution in [3.8, 4) is 0 Å². The van der Waals surface area contributed by atoms with Gasteiger partial charge in [-0.3, -0.25) is 0 Å². The zero-order valence-electron chi connectivity index (χ0n) is 15.4. The van der Waals surface area contributed by atoms with Crippen molar-refractivity contribution in [2.24, 2.45) is 11.7 Å². The van der Waals surface area contributed by atoms with Gasteiger partial charge in [-0.05, 0) is 93.9 Å². The first-order valence-electron chi connectivity index (χ1n) is 9.59. The predicted octanol–water partition coefficient (Wildman–Crippen LogP) is 5.77. The summed E-state index contributed by atoms with van der Waals surface area (Å²) in [6, 6.07) is 7.20. The number of fused-ring (bicyclic) bond motifs is 1. The van der Waals surface area contributed by atoms with Gasteiger partial charge in [-0.15, -0.1) is 0 Å². The van der Waals surface area contributed by atoms with Crippen LogP contribution in [0.25, 0.3) is 0 Å². The van der Waals surface area contributed by atoms with Gasteiger partial charge in [-0.25, -0.2) is 0 Å². The Balaban J connectivity index is 1.93. The van der Waals surface area contributed by atoms with Gasteiger partial charge in [0, 0.05) is 0 Å². The molecule has 0 saturated heterocycles. The topological polar surface area (TPSA) is 26.0 Å². The van der Waals surface area contributed by atoms with Crippen molar-refractivity contribution < 1.29 is 0 Å². The molecule has 1 nitrogen and oxygen atoms in total. The lowest BCUT2D eigenvalue weighted by atomic mass is 9.79. The first-order valence-corrected chi connectivity index (χ1v) is 9.59. The SMILES string of the molecule is CCCC(CN)c1ccc2c(c1)CC[C@@H](CCCC=C(C)C)C2. The fraction of sp³-hybridized carbons (Fsp3) is 0.636. The van der Waals surface area contributed by atoms with Crippen molar-refractivity contribution in [1.82, 2.24) is 0 Å². The third kappa shape index (κ3) is 5.49. The summed E-state index contributed by atoms with van der Waals surface area (Å²) in [6.45, 7) is 7.42. The molecule has 0 aliphatic heterocycles. The Morgan fingerprint density at radius 1 is 1.30 bits per heavy atom. The third-order valence-electron chi connectivity index (χ3n) is 5.32. The predicted molar refractivity (Wildman–Crippen MR) is 102 cm³/mol. The van der Waals surface area contributed by atoms with Crippen molar-refractivity contribution in [1.29, 1.82) is 0 Å². The molecule has 0 bridgehead atoms. The van der Waals surface area contributed by atoms with Crippen molar-refractivity contribution in [3.63, 3.8) is 0 Å². The van der Waals surface area contributed by atoms with Crippen molar-refractivity contribution in [2.75, 3.05) is 6.54 Å². The molecule has 128 valence electrons. The van der Waals surface area contributed by atoms with E-state index in [9.17, 15) is 0 Å². The molecule has 1 unspecified atom stereocenters. The molecule has 2 atom stereocenters. The second-order valence-corrected chi connectivity index (χ2v) is 7.57. The monoisotopic (exact) mass is 313 g/mol. The molecule has 23 heavy (non-hydrogen) atoms. The van der Waals surface area contributed by atoms with E-state index in [-0.39, 0.29) is 0 Å². The zero-order valence-corrected chi connectivity index (χ0v) is 15.4. The van der Waals surface area contributed by atoms with Gasteiger partial charge in [-0.1, -0.05) is 43.2 Å². The van der Waals surface area contributed by atoms with Gasteiger partial charge in [-0.2, -0.15) is 0 Å². The minimum atomic E-state index is 0.548. The standard InChI is InChI=1S/C22H35N/c1-4-7-22(16-23)21-13-12-19-14-18(10-11-20(19)15-21)9-6-5-8-17(2)3/h8,12-13,15,18,22H,4-7,9-11,14,16,23H2,1-3H3/t18-,22?/m1/s1. The molecule has 0 saturated carbocycles. The molecule has 1 aliphatic rings. The summed E-state index contributed by atoms with van der Waals surface area (Å²) in [5.41, 5.74) is 12.1. The van der Waals surface area contributed by atoms with Crippen LogP contribution >= 0.6 is 0 Å². The van der Waals surface area contributed by atoms with Gasteiger partial charge >= 0.3 is 0 Å². The maximum absolute atomic E-state index is 5.97. The molecule has 1 heteroatoms. The van der Waals surface area contributed by atoms with E-state index in [1.807, 2.05) is 0 Å². The first-order chi connectivity index (χ1) is 11.1. The van der Waals surface area contributed by atoms with Crippen LogP contribution in [0.1, 0.15) is 81.9 Å². The van der Waals surface area contributed by atoms with Crippen LogP contribution in [0.5, 0.6) is 0 Å². The molecule has 0 heterocycles. The maximum atomic E-state index is 5.97. The highest BCUT2D eigenvalue weighted by atomic mass is 14.5. The Morgan fingerprint density at radius 2 is 2.13 bits per heavy atom. The maximum Gasteiger partial charge on any atom is -0.000824 e. The second-order valence-electron chi connectivity index (χ2n) is 7.57. The highest BCUT2D eigenvalue weighted by molar-refractivity contribution is 5.36.